The van der Waals surface area contributed by atoms with E-state index in [1.54, 1.807) is 11.0 Å². The molecule has 8 nitrogen and oxygen atoms in total. The molecule has 3 heterocycles. The van der Waals surface area contributed by atoms with Crippen molar-refractivity contribution in [1.29, 1.82) is 0 Å². The van der Waals surface area contributed by atoms with Gasteiger partial charge in [0, 0.05) is 45.2 Å². The topological polar surface area (TPSA) is 87.9 Å². The lowest BCUT2D eigenvalue weighted by Crippen LogP contribution is -2.37. The molecule has 0 aromatic carbocycles. The Balaban J connectivity index is 1.55. The second-order valence-corrected chi connectivity index (χ2v) is 6.00. The molecule has 0 aliphatic carbocycles. The zero-order chi connectivity index (χ0) is 16.2. The van der Waals surface area contributed by atoms with Gasteiger partial charge in [-0.3, -0.25) is 14.5 Å². The van der Waals surface area contributed by atoms with E-state index in [0.29, 0.717) is 31.1 Å². The monoisotopic (exact) mass is 322 g/mol. The lowest BCUT2D eigenvalue weighted by molar-refractivity contribution is -0.119. The summed E-state index contributed by atoms with van der Waals surface area (Å²) in [6.07, 6.45) is 0.768. The number of morpholine rings is 1. The number of carbonyl (C=O) groups excluding carboxylic acids is 2. The lowest BCUT2D eigenvalue weighted by atomic mass is 10.2. The van der Waals surface area contributed by atoms with E-state index in [2.05, 4.69) is 15.4 Å². The highest BCUT2D eigenvalue weighted by molar-refractivity contribution is 5.92. The van der Waals surface area contributed by atoms with E-state index in [1.807, 2.05) is 0 Å². The SMILES string of the molecule is CC(=O)N[C@@H]1CCN(C(=O)c2cc(CN3CCOCC3)on2)C1. The molecule has 0 spiro atoms. The van der Waals surface area contributed by atoms with Gasteiger partial charge in [0.25, 0.3) is 5.91 Å². The summed E-state index contributed by atoms with van der Waals surface area (Å²) >= 11 is 0. The third-order valence-corrected chi connectivity index (χ3v) is 4.14. The number of carbonyl (C=O) groups is 2. The zero-order valence-corrected chi connectivity index (χ0v) is 13.3. The van der Waals surface area contributed by atoms with Gasteiger partial charge >= 0.3 is 0 Å². The maximum Gasteiger partial charge on any atom is 0.276 e. The fraction of sp³-hybridized carbons (Fsp3) is 0.667. The molecule has 0 unspecified atom stereocenters. The van der Waals surface area contributed by atoms with Crippen LogP contribution < -0.4 is 5.32 Å². The Hall–Kier alpha value is -1.93. The molecule has 2 saturated heterocycles. The Kier molecular flexibility index (Phi) is 4.92. The van der Waals surface area contributed by atoms with E-state index in [4.69, 9.17) is 9.26 Å². The first kappa shape index (κ1) is 15.9. The standard InChI is InChI=1S/C15H22N4O4/c1-11(20)16-12-2-3-19(9-12)15(21)14-8-13(23-17-14)10-18-4-6-22-7-5-18/h8,12H,2-7,9-10H2,1H3,(H,16,20)/t12-/m1/s1. The number of hydrogen-bond acceptors (Lipinski definition) is 6. The summed E-state index contributed by atoms with van der Waals surface area (Å²) in [5.41, 5.74) is 0.330. The van der Waals surface area contributed by atoms with Crippen molar-refractivity contribution in [2.75, 3.05) is 39.4 Å². The molecule has 0 radical (unpaired) electrons. The third-order valence-electron chi connectivity index (χ3n) is 4.14. The highest BCUT2D eigenvalue weighted by Gasteiger charge is 2.29. The van der Waals surface area contributed by atoms with Gasteiger partial charge in [-0.25, -0.2) is 0 Å². The largest absolute Gasteiger partial charge is 0.379 e. The highest BCUT2D eigenvalue weighted by atomic mass is 16.5. The molecule has 0 saturated carbocycles. The van der Waals surface area contributed by atoms with Crippen LogP contribution in [-0.4, -0.2) is 72.2 Å². The molecule has 1 N–H and O–H groups in total. The molecular weight excluding hydrogens is 300 g/mol. The average Bonchev–Trinajstić information content (AvgIpc) is 3.17. The molecule has 1 atom stereocenters. The molecule has 2 fully saturated rings. The van der Waals surface area contributed by atoms with Gasteiger partial charge in [-0.2, -0.15) is 0 Å². The molecule has 1 aromatic heterocycles. The van der Waals surface area contributed by atoms with Crippen LogP contribution in [-0.2, 0) is 16.1 Å². The van der Waals surface area contributed by atoms with E-state index < -0.39 is 0 Å². The predicted molar refractivity (Wildman–Crippen MR) is 80.7 cm³/mol. The second kappa shape index (κ2) is 7.10. The quantitative estimate of drug-likeness (QED) is 0.830. The fourth-order valence-electron chi connectivity index (χ4n) is 2.98. The first-order valence-electron chi connectivity index (χ1n) is 7.94. The highest BCUT2D eigenvalue weighted by Crippen LogP contribution is 2.15. The van der Waals surface area contributed by atoms with Gasteiger partial charge in [0.2, 0.25) is 5.91 Å². The van der Waals surface area contributed by atoms with Gasteiger partial charge in [-0.05, 0) is 6.42 Å². The summed E-state index contributed by atoms with van der Waals surface area (Å²) < 4.78 is 10.6. The van der Waals surface area contributed by atoms with Crippen LogP contribution in [0, 0.1) is 0 Å². The first-order chi connectivity index (χ1) is 11.1. The number of aromatic nitrogens is 1. The van der Waals surface area contributed by atoms with Crippen LogP contribution in [0.5, 0.6) is 0 Å². The van der Waals surface area contributed by atoms with Gasteiger partial charge in [-0.1, -0.05) is 5.16 Å². The number of nitrogens with one attached hydrogen (secondary N) is 1. The van der Waals surface area contributed by atoms with Crippen molar-refractivity contribution < 1.29 is 18.8 Å². The van der Waals surface area contributed by atoms with Crippen LogP contribution in [0.25, 0.3) is 0 Å². The summed E-state index contributed by atoms with van der Waals surface area (Å²) in [6.45, 7) is 6.41. The van der Waals surface area contributed by atoms with Crippen LogP contribution in [0.4, 0.5) is 0 Å². The molecular formula is C15H22N4O4. The molecule has 2 amide bonds. The van der Waals surface area contributed by atoms with Crippen LogP contribution in [0.1, 0.15) is 29.6 Å². The van der Waals surface area contributed by atoms with E-state index in [9.17, 15) is 9.59 Å². The first-order valence-corrected chi connectivity index (χ1v) is 7.94. The Morgan fingerprint density at radius 3 is 2.87 bits per heavy atom. The van der Waals surface area contributed by atoms with Crippen molar-refractivity contribution in [3.05, 3.63) is 17.5 Å². The minimum absolute atomic E-state index is 0.0242. The van der Waals surface area contributed by atoms with E-state index in [0.717, 1.165) is 32.7 Å². The van der Waals surface area contributed by atoms with E-state index in [-0.39, 0.29) is 17.9 Å². The van der Waals surface area contributed by atoms with Gasteiger partial charge in [0.1, 0.15) is 0 Å². The molecule has 126 valence electrons. The second-order valence-electron chi connectivity index (χ2n) is 6.00. The molecule has 23 heavy (non-hydrogen) atoms. The van der Waals surface area contributed by atoms with Crippen molar-refractivity contribution in [3.63, 3.8) is 0 Å². The maximum absolute atomic E-state index is 12.4. The Labute approximate surface area is 134 Å². The van der Waals surface area contributed by atoms with Crippen LogP contribution >= 0.6 is 0 Å². The number of amides is 2. The van der Waals surface area contributed by atoms with Crippen molar-refractivity contribution in [2.24, 2.45) is 0 Å². The minimum atomic E-state index is -0.144. The summed E-state index contributed by atoms with van der Waals surface area (Å²) in [5.74, 6) is 0.473. The van der Waals surface area contributed by atoms with Crippen LogP contribution in [0.3, 0.4) is 0 Å². The summed E-state index contributed by atoms with van der Waals surface area (Å²) in [7, 11) is 0. The molecule has 0 bridgehead atoms. The average molecular weight is 322 g/mol. The fourth-order valence-corrected chi connectivity index (χ4v) is 2.98. The van der Waals surface area contributed by atoms with Crippen molar-refractivity contribution in [2.45, 2.75) is 25.9 Å². The molecule has 1 aromatic rings. The van der Waals surface area contributed by atoms with Gasteiger partial charge in [0.05, 0.1) is 19.8 Å². The normalized spacial score (nSPS) is 22.3. The Morgan fingerprint density at radius 2 is 2.13 bits per heavy atom. The number of rotatable bonds is 4. The molecule has 2 aliphatic rings. The van der Waals surface area contributed by atoms with Gasteiger partial charge in [0.15, 0.2) is 11.5 Å². The summed E-state index contributed by atoms with van der Waals surface area (Å²) in [6, 6.07) is 1.74. The van der Waals surface area contributed by atoms with Gasteiger partial charge in [-0.15, -0.1) is 0 Å². The lowest BCUT2D eigenvalue weighted by Gasteiger charge is -2.25. The van der Waals surface area contributed by atoms with Crippen molar-refractivity contribution >= 4 is 11.8 Å². The number of hydrogen-bond donors (Lipinski definition) is 1. The van der Waals surface area contributed by atoms with Crippen molar-refractivity contribution in [1.82, 2.24) is 20.3 Å². The number of likely N-dealkylation sites (tertiary alicyclic amines) is 1. The van der Waals surface area contributed by atoms with Crippen LogP contribution in [0.15, 0.2) is 10.6 Å². The minimum Gasteiger partial charge on any atom is -0.379 e. The Morgan fingerprint density at radius 1 is 1.35 bits per heavy atom. The molecule has 8 heteroatoms. The maximum atomic E-state index is 12.4. The third kappa shape index (κ3) is 4.08. The Bertz CT molecular complexity index is 568. The number of nitrogens with zero attached hydrogens (tertiary/aromatic N) is 3. The summed E-state index contributed by atoms with van der Waals surface area (Å²) in [5, 5.41) is 6.74. The zero-order valence-electron chi connectivity index (χ0n) is 13.3. The van der Waals surface area contributed by atoms with E-state index in [1.165, 1.54) is 6.92 Å². The smallest absolute Gasteiger partial charge is 0.276 e. The van der Waals surface area contributed by atoms with E-state index >= 15 is 0 Å². The van der Waals surface area contributed by atoms with Gasteiger partial charge < -0.3 is 19.5 Å². The summed E-state index contributed by atoms with van der Waals surface area (Å²) in [4.78, 5) is 27.4. The molecule has 2 aliphatic heterocycles. The molecule has 3 rings (SSSR count). The van der Waals surface area contributed by atoms with Crippen molar-refractivity contribution in [3.8, 4) is 0 Å². The predicted octanol–water partition coefficient (Wildman–Crippen LogP) is -0.143. The number of ether oxygens (including phenoxy) is 1. The van der Waals surface area contributed by atoms with Crippen LogP contribution in [0.2, 0.25) is 0 Å².